The number of rotatable bonds is 0. The molecule has 0 aromatic heterocycles. The number of anilines is 1. The molecule has 0 N–H and O–H groups in total. The molecule has 0 amide bonds. The highest BCUT2D eigenvalue weighted by Crippen LogP contribution is 2.60. The van der Waals surface area contributed by atoms with E-state index in [-0.39, 0.29) is 0 Å². The smallest absolute Gasteiger partial charge is 0.0622 e. The number of benzene rings is 1. The van der Waals surface area contributed by atoms with E-state index in [0.29, 0.717) is 47.8 Å². The molecule has 9 rings (SSSR count). The average molecular weight is 413 g/mol. The number of fused-ring (bicyclic) bond motifs is 12. The van der Waals surface area contributed by atoms with Gasteiger partial charge in [0, 0.05) is 35.1 Å². The van der Waals surface area contributed by atoms with E-state index in [9.17, 15) is 0 Å². The summed E-state index contributed by atoms with van der Waals surface area (Å²) in [6.07, 6.45) is 31.1. The van der Waals surface area contributed by atoms with Crippen LogP contribution in [-0.4, -0.2) is 29.1 Å². The fourth-order valence-corrected chi connectivity index (χ4v) is 8.12. The van der Waals surface area contributed by atoms with Crippen molar-refractivity contribution in [3.05, 3.63) is 125 Å². The Balaban J connectivity index is 1.25. The van der Waals surface area contributed by atoms with Gasteiger partial charge in [-0.3, -0.25) is 0 Å². The zero-order valence-electron chi connectivity index (χ0n) is 17.8. The highest BCUT2D eigenvalue weighted by molar-refractivity contribution is 5.78. The zero-order valence-corrected chi connectivity index (χ0v) is 17.8. The van der Waals surface area contributed by atoms with E-state index < -0.39 is 0 Å². The predicted octanol–water partition coefficient (Wildman–Crippen LogP) is 5.30. The second-order valence-electron chi connectivity index (χ2n) is 10.4. The zero-order chi connectivity index (χ0) is 20.6. The van der Waals surface area contributed by atoms with Crippen molar-refractivity contribution < 1.29 is 0 Å². The first-order valence-electron chi connectivity index (χ1n) is 12.1. The highest BCUT2D eigenvalue weighted by atomic mass is 15.3. The van der Waals surface area contributed by atoms with E-state index >= 15 is 0 Å². The quantitative estimate of drug-likeness (QED) is 0.571. The summed E-state index contributed by atoms with van der Waals surface area (Å²) in [6, 6.07) is 8.87. The van der Waals surface area contributed by atoms with Gasteiger partial charge in [-0.25, -0.2) is 0 Å². The Kier molecular flexibility index (Phi) is 2.75. The summed E-state index contributed by atoms with van der Waals surface area (Å²) in [5.74, 6) is 1.95. The SMILES string of the molecule is C1=CC2C3=CC=CC4C5=CC6C(C=C5N(C2C=C1)C34)c1cccc2c1N6C1C=CC=CC21. The number of hydrogen-bond acceptors (Lipinski definition) is 2. The molecular formula is C30H24N2. The van der Waals surface area contributed by atoms with E-state index in [4.69, 9.17) is 0 Å². The molecule has 8 aliphatic rings. The molecule has 8 atom stereocenters. The normalized spacial score (nSPS) is 41.6. The van der Waals surface area contributed by atoms with Crippen molar-refractivity contribution in [1.82, 2.24) is 4.90 Å². The third-order valence-corrected chi connectivity index (χ3v) is 9.21. The molecule has 2 nitrogen and oxygen atoms in total. The Morgan fingerprint density at radius 3 is 2.19 bits per heavy atom. The maximum absolute atomic E-state index is 2.76. The molecule has 154 valence electrons. The molecule has 0 saturated carbocycles. The van der Waals surface area contributed by atoms with Gasteiger partial charge in [-0.1, -0.05) is 97.2 Å². The van der Waals surface area contributed by atoms with Crippen LogP contribution in [0.5, 0.6) is 0 Å². The van der Waals surface area contributed by atoms with Crippen molar-refractivity contribution in [2.75, 3.05) is 4.90 Å². The van der Waals surface area contributed by atoms with E-state index in [1.165, 1.54) is 22.5 Å². The average Bonchev–Trinajstić information content (AvgIpc) is 3.56. The molecule has 2 fully saturated rings. The minimum absolute atomic E-state index is 0.427. The minimum atomic E-state index is 0.427. The van der Waals surface area contributed by atoms with Gasteiger partial charge in [-0.05, 0) is 22.3 Å². The molecule has 32 heavy (non-hydrogen) atoms. The van der Waals surface area contributed by atoms with Gasteiger partial charge in [-0.2, -0.15) is 0 Å². The summed E-state index contributed by atoms with van der Waals surface area (Å²) in [5.41, 5.74) is 9.23. The largest absolute Gasteiger partial charge is 0.356 e. The van der Waals surface area contributed by atoms with Crippen molar-refractivity contribution in [2.24, 2.45) is 11.8 Å². The summed E-state index contributed by atoms with van der Waals surface area (Å²) in [7, 11) is 0. The van der Waals surface area contributed by atoms with Gasteiger partial charge in [0.05, 0.1) is 24.2 Å². The van der Waals surface area contributed by atoms with Crippen molar-refractivity contribution in [1.29, 1.82) is 0 Å². The lowest BCUT2D eigenvalue weighted by atomic mass is 9.77. The lowest BCUT2D eigenvalue weighted by Crippen LogP contribution is -2.41. The van der Waals surface area contributed by atoms with Crippen molar-refractivity contribution in [3.8, 4) is 0 Å². The first-order chi connectivity index (χ1) is 15.9. The Morgan fingerprint density at radius 1 is 0.594 bits per heavy atom. The van der Waals surface area contributed by atoms with Gasteiger partial charge < -0.3 is 9.80 Å². The van der Waals surface area contributed by atoms with Crippen molar-refractivity contribution in [3.63, 3.8) is 0 Å². The molecule has 2 saturated heterocycles. The Morgan fingerprint density at radius 2 is 1.31 bits per heavy atom. The second kappa shape index (κ2) is 5.38. The van der Waals surface area contributed by atoms with E-state index in [1.54, 1.807) is 11.1 Å². The molecule has 4 aliphatic heterocycles. The maximum atomic E-state index is 2.76. The lowest BCUT2D eigenvalue weighted by Gasteiger charge is -2.36. The van der Waals surface area contributed by atoms with Crippen LogP contribution >= 0.6 is 0 Å². The van der Waals surface area contributed by atoms with Crippen LogP contribution in [0.2, 0.25) is 0 Å². The van der Waals surface area contributed by atoms with Crippen LogP contribution in [-0.2, 0) is 0 Å². The third kappa shape index (κ3) is 1.68. The summed E-state index contributed by atoms with van der Waals surface area (Å²) >= 11 is 0. The van der Waals surface area contributed by atoms with E-state index in [0.717, 1.165) is 0 Å². The van der Waals surface area contributed by atoms with Crippen LogP contribution < -0.4 is 4.90 Å². The molecular weight excluding hydrogens is 388 g/mol. The standard InChI is InChI=1S/C30H24N2/c1-3-13-25-17(7-1)19-9-5-11-21-23-16-28-24(15-27(23)31(25)29(19)21)22-12-6-10-20-18-8-2-4-14-26(18)32(28)30(20)22/h1-18,21,24-26,28-29H. The summed E-state index contributed by atoms with van der Waals surface area (Å²) in [6.45, 7) is 0. The molecule has 0 spiro atoms. The van der Waals surface area contributed by atoms with Crippen LogP contribution in [0.1, 0.15) is 23.0 Å². The number of allylic oxidation sites excluding steroid dienone is 7. The van der Waals surface area contributed by atoms with Gasteiger partial charge in [0.1, 0.15) is 0 Å². The van der Waals surface area contributed by atoms with Gasteiger partial charge in [0.2, 0.25) is 0 Å². The highest BCUT2D eigenvalue weighted by Gasteiger charge is 2.57. The Labute approximate surface area is 188 Å². The molecule has 0 bridgehead atoms. The molecule has 4 heterocycles. The minimum Gasteiger partial charge on any atom is -0.356 e. The van der Waals surface area contributed by atoms with Crippen LogP contribution in [0.4, 0.5) is 5.69 Å². The topological polar surface area (TPSA) is 6.48 Å². The maximum Gasteiger partial charge on any atom is 0.0622 e. The van der Waals surface area contributed by atoms with Gasteiger partial charge in [-0.15, -0.1) is 0 Å². The number of hydrogen-bond donors (Lipinski definition) is 0. The predicted molar refractivity (Wildman–Crippen MR) is 128 cm³/mol. The summed E-state index contributed by atoms with van der Waals surface area (Å²) < 4.78 is 0. The first-order valence-corrected chi connectivity index (χ1v) is 12.1. The second-order valence-corrected chi connectivity index (χ2v) is 10.4. The van der Waals surface area contributed by atoms with Crippen LogP contribution in [0.3, 0.4) is 0 Å². The number of nitrogens with zero attached hydrogens (tertiary/aromatic N) is 2. The molecule has 2 heteroatoms. The summed E-state index contributed by atoms with van der Waals surface area (Å²) in [5, 5.41) is 0. The Hall–Kier alpha value is -3.26. The van der Waals surface area contributed by atoms with Crippen LogP contribution in [0, 0.1) is 11.8 Å². The van der Waals surface area contributed by atoms with Crippen LogP contribution in [0.25, 0.3) is 0 Å². The third-order valence-electron chi connectivity index (χ3n) is 9.21. The Bertz CT molecular complexity index is 1340. The van der Waals surface area contributed by atoms with Crippen molar-refractivity contribution in [2.45, 2.75) is 36.0 Å². The fraction of sp³-hybridized carbons (Fsp3) is 0.267. The molecule has 1 aromatic carbocycles. The number of para-hydroxylation sites is 1. The van der Waals surface area contributed by atoms with Crippen LogP contribution in [0.15, 0.2) is 114 Å². The molecule has 1 aromatic rings. The van der Waals surface area contributed by atoms with E-state index in [2.05, 4.69) is 107 Å². The first kappa shape index (κ1) is 16.4. The fourth-order valence-electron chi connectivity index (χ4n) is 8.12. The van der Waals surface area contributed by atoms with E-state index in [1.807, 2.05) is 0 Å². The van der Waals surface area contributed by atoms with Gasteiger partial charge in [0.25, 0.3) is 0 Å². The molecule has 0 radical (unpaired) electrons. The lowest BCUT2D eigenvalue weighted by molar-refractivity contribution is 0.304. The van der Waals surface area contributed by atoms with Gasteiger partial charge in [0.15, 0.2) is 0 Å². The molecule has 4 aliphatic carbocycles. The summed E-state index contributed by atoms with van der Waals surface area (Å²) in [4.78, 5) is 5.51. The monoisotopic (exact) mass is 412 g/mol. The van der Waals surface area contributed by atoms with Crippen molar-refractivity contribution >= 4 is 5.69 Å². The molecule has 8 unspecified atom stereocenters. The van der Waals surface area contributed by atoms with Gasteiger partial charge >= 0.3 is 0 Å².